The molecule has 0 fully saturated rings. The molecule has 0 aromatic carbocycles. The SMILES string of the molecule is CCCCCN(C)C(C)CCCNCCC. The first-order valence-electron chi connectivity index (χ1n) is 7.13. The number of nitrogens with one attached hydrogen (secondary N) is 1. The maximum absolute atomic E-state index is 3.46. The predicted molar refractivity (Wildman–Crippen MR) is 74.0 cm³/mol. The number of hydrogen-bond acceptors (Lipinski definition) is 2. The number of rotatable bonds is 11. The zero-order valence-corrected chi connectivity index (χ0v) is 11.9. The van der Waals surface area contributed by atoms with Crippen molar-refractivity contribution in [2.24, 2.45) is 0 Å². The van der Waals surface area contributed by atoms with Crippen molar-refractivity contribution < 1.29 is 0 Å². The Kier molecular flexibility index (Phi) is 11.3. The Labute approximate surface area is 103 Å². The second-order valence-corrected chi connectivity index (χ2v) is 4.93. The molecule has 1 unspecified atom stereocenters. The molecule has 98 valence electrons. The summed E-state index contributed by atoms with van der Waals surface area (Å²) in [5.74, 6) is 0. The van der Waals surface area contributed by atoms with E-state index in [0.717, 1.165) is 6.04 Å². The molecule has 0 bridgehead atoms. The van der Waals surface area contributed by atoms with Gasteiger partial charge in [-0.05, 0) is 59.3 Å². The molecular weight excluding hydrogens is 196 g/mol. The van der Waals surface area contributed by atoms with Gasteiger partial charge in [-0.3, -0.25) is 0 Å². The average Bonchev–Trinajstić information content (AvgIpc) is 2.28. The van der Waals surface area contributed by atoms with Crippen molar-refractivity contribution in [3.63, 3.8) is 0 Å². The van der Waals surface area contributed by atoms with Gasteiger partial charge in [0.2, 0.25) is 0 Å². The molecule has 0 aliphatic carbocycles. The van der Waals surface area contributed by atoms with Crippen molar-refractivity contribution in [3.05, 3.63) is 0 Å². The molecule has 2 nitrogen and oxygen atoms in total. The minimum Gasteiger partial charge on any atom is -0.317 e. The van der Waals surface area contributed by atoms with Crippen LogP contribution in [0.2, 0.25) is 0 Å². The van der Waals surface area contributed by atoms with Crippen LogP contribution in [0.1, 0.15) is 59.3 Å². The first-order valence-corrected chi connectivity index (χ1v) is 7.13. The molecule has 0 aromatic heterocycles. The normalized spacial score (nSPS) is 13.3. The Morgan fingerprint density at radius 2 is 1.75 bits per heavy atom. The molecular formula is C14H32N2. The van der Waals surface area contributed by atoms with E-state index >= 15 is 0 Å². The Morgan fingerprint density at radius 3 is 2.38 bits per heavy atom. The first kappa shape index (κ1) is 15.9. The Bertz CT molecular complexity index is 137. The van der Waals surface area contributed by atoms with Crippen LogP contribution in [0.25, 0.3) is 0 Å². The number of nitrogens with zero attached hydrogens (tertiary/aromatic N) is 1. The molecule has 2 heteroatoms. The monoisotopic (exact) mass is 228 g/mol. The summed E-state index contributed by atoms with van der Waals surface area (Å²) in [4.78, 5) is 2.51. The van der Waals surface area contributed by atoms with E-state index in [4.69, 9.17) is 0 Å². The maximum Gasteiger partial charge on any atom is 0.00643 e. The third-order valence-electron chi connectivity index (χ3n) is 3.27. The third-order valence-corrected chi connectivity index (χ3v) is 3.27. The molecule has 0 heterocycles. The molecule has 0 amide bonds. The van der Waals surface area contributed by atoms with E-state index in [1.165, 1.54) is 58.2 Å². The van der Waals surface area contributed by atoms with Gasteiger partial charge in [0.25, 0.3) is 0 Å². The molecule has 0 aliphatic heterocycles. The minimum absolute atomic E-state index is 0.736. The van der Waals surface area contributed by atoms with Crippen molar-refractivity contribution in [2.75, 3.05) is 26.7 Å². The van der Waals surface area contributed by atoms with Crippen molar-refractivity contribution >= 4 is 0 Å². The van der Waals surface area contributed by atoms with Gasteiger partial charge < -0.3 is 10.2 Å². The van der Waals surface area contributed by atoms with Crippen LogP contribution in [0.3, 0.4) is 0 Å². The van der Waals surface area contributed by atoms with Crippen LogP contribution in [0.4, 0.5) is 0 Å². The highest BCUT2D eigenvalue weighted by atomic mass is 15.1. The summed E-state index contributed by atoms with van der Waals surface area (Å²) in [5.41, 5.74) is 0. The molecule has 0 aliphatic rings. The predicted octanol–water partition coefficient (Wildman–Crippen LogP) is 3.28. The Hall–Kier alpha value is -0.0800. The number of unbranched alkanes of at least 4 members (excludes halogenated alkanes) is 2. The fourth-order valence-corrected chi connectivity index (χ4v) is 1.88. The first-order chi connectivity index (χ1) is 7.72. The summed E-state index contributed by atoms with van der Waals surface area (Å²) >= 11 is 0. The van der Waals surface area contributed by atoms with E-state index in [9.17, 15) is 0 Å². The van der Waals surface area contributed by atoms with Gasteiger partial charge >= 0.3 is 0 Å². The van der Waals surface area contributed by atoms with E-state index in [0.29, 0.717) is 0 Å². The highest BCUT2D eigenvalue weighted by molar-refractivity contribution is 4.64. The summed E-state index contributed by atoms with van der Waals surface area (Å²) in [6, 6.07) is 0.736. The quantitative estimate of drug-likeness (QED) is 0.546. The second kappa shape index (κ2) is 11.4. The molecule has 0 rings (SSSR count). The van der Waals surface area contributed by atoms with Gasteiger partial charge in [-0.1, -0.05) is 26.7 Å². The standard InChI is InChI=1S/C14H32N2/c1-5-7-8-13-16(4)14(3)10-9-12-15-11-6-2/h14-15H,5-13H2,1-4H3. The summed E-state index contributed by atoms with van der Waals surface area (Å²) < 4.78 is 0. The van der Waals surface area contributed by atoms with E-state index in [-0.39, 0.29) is 0 Å². The zero-order chi connectivity index (χ0) is 12.2. The van der Waals surface area contributed by atoms with Gasteiger partial charge in [0.05, 0.1) is 0 Å². The highest BCUT2D eigenvalue weighted by Crippen LogP contribution is 2.06. The molecule has 16 heavy (non-hydrogen) atoms. The molecule has 0 radical (unpaired) electrons. The second-order valence-electron chi connectivity index (χ2n) is 4.93. The summed E-state index contributed by atoms with van der Waals surface area (Å²) in [6.07, 6.45) is 7.91. The van der Waals surface area contributed by atoms with Crippen molar-refractivity contribution in [1.29, 1.82) is 0 Å². The minimum atomic E-state index is 0.736. The smallest absolute Gasteiger partial charge is 0.00643 e. The van der Waals surface area contributed by atoms with Crippen LogP contribution in [0.5, 0.6) is 0 Å². The fourth-order valence-electron chi connectivity index (χ4n) is 1.88. The lowest BCUT2D eigenvalue weighted by molar-refractivity contribution is 0.238. The summed E-state index contributed by atoms with van der Waals surface area (Å²) in [5, 5.41) is 3.46. The summed E-state index contributed by atoms with van der Waals surface area (Å²) in [7, 11) is 2.26. The van der Waals surface area contributed by atoms with Gasteiger partial charge in [-0.15, -0.1) is 0 Å². The highest BCUT2D eigenvalue weighted by Gasteiger charge is 2.07. The van der Waals surface area contributed by atoms with Crippen molar-refractivity contribution in [1.82, 2.24) is 10.2 Å². The van der Waals surface area contributed by atoms with Crippen LogP contribution in [-0.2, 0) is 0 Å². The molecule has 0 spiro atoms. The van der Waals surface area contributed by atoms with E-state index in [1.807, 2.05) is 0 Å². The lowest BCUT2D eigenvalue weighted by Gasteiger charge is -2.24. The topological polar surface area (TPSA) is 15.3 Å². The van der Waals surface area contributed by atoms with Crippen LogP contribution >= 0.6 is 0 Å². The van der Waals surface area contributed by atoms with Crippen molar-refractivity contribution in [3.8, 4) is 0 Å². The lowest BCUT2D eigenvalue weighted by atomic mass is 10.1. The molecule has 0 saturated heterocycles. The molecule has 1 atom stereocenters. The maximum atomic E-state index is 3.46. The average molecular weight is 228 g/mol. The van der Waals surface area contributed by atoms with Gasteiger partial charge in [-0.2, -0.15) is 0 Å². The van der Waals surface area contributed by atoms with Crippen molar-refractivity contribution in [2.45, 2.75) is 65.3 Å². The van der Waals surface area contributed by atoms with Crippen LogP contribution in [0.15, 0.2) is 0 Å². The number of hydrogen-bond donors (Lipinski definition) is 1. The molecule has 0 aromatic rings. The van der Waals surface area contributed by atoms with Crippen LogP contribution < -0.4 is 5.32 Å². The van der Waals surface area contributed by atoms with E-state index in [2.05, 4.69) is 38.0 Å². The Morgan fingerprint density at radius 1 is 1.00 bits per heavy atom. The van der Waals surface area contributed by atoms with Gasteiger partial charge in [0.1, 0.15) is 0 Å². The van der Waals surface area contributed by atoms with Crippen LogP contribution in [0, 0.1) is 0 Å². The van der Waals surface area contributed by atoms with Gasteiger partial charge in [0.15, 0.2) is 0 Å². The lowest BCUT2D eigenvalue weighted by Crippen LogP contribution is -2.30. The molecule has 0 saturated carbocycles. The fraction of sp³-hybridized carbons (Fsp3) is 1.00. The summed E-state index contributed by atoms with van der Waals surface area (Å²) in [6.45, 7) is 10.4. The van der Waals surface area contributed by atoms with E-state index in [1.54, 1.807) is 0 Å². The van der Waals surface area contributed by atoms with Gasteiger partial charge in [0, 0.05) is 6.04 Å². The third kappa shape index (κ3) is 9.17. The van der Waals surface area contributed by atoms with Crippen LogP contribution in [-0.4, -0.2) is 37.6 Å². The zero-order valence-electron chi connectivity index (χ0n) is 11.9. The van der Waals surface area contributed by atoms with Gasteiger partial charge in [-0.25, -0.2) is 0 Å². The molecule has 1 N–H and O–H groups in total. The largest absolute Gasteiger partial charge is 0.317 e. The van der Waals surface area contributed by atoms with E-state index < -0.39 is 0 Å². The Balaban J connectivity index is 3.36.